The molecule has 15 N–H and O–H groups in total. The molecule has 0 saturated carbocycles. The number of nitrogens with zero attached hydrogens (tertiary/aromatic N) is 12. The highest BCUT2D eigenvalue weighted by Gasteiger charge is 2.59. The van der Waals surface area contributed by atoms with Crippen molar-refractivity contribution < 1.29 is 77.5 Å². The van der Waals surface area contributed by atoms with Gasteiger partial charge in [-0.25, -0.2) is 33.1 Å². The number of anilines is 3. The Morgan fingerprint density at radius 2 is 0.555 bits per heavy atom. The van der Waals surface area contributed by atoms with Crippen LogP contribution in [0.4, 0.5) is 17.5 Å². The van der Waals surface area contributed by atoms with E-state index in [0.717, 1.165) is 77.0 Å². The smallest absolute Gasteiger partial charge is 0.387 e. The number of aliphatic hydroxyl groups excluding tert-OH is 6. The Hall–Kier alpha value is -9.10. The van der Waals surface area contributed by atoms with Gasteiger partial charge in [0.2, 0.25) is 0 Å². The summed E-state index contributed by atoms with van der Waals surface area (Å²) in [6.07, 6.45) is 41.7. The molecule has 3 aliphatic rings. The predicted molar refractivity (Wildman–Crippen MR) is 561 cm³/mol. The van der Waals surface area contributed by atoms with E-state index >= 15 is 4.57 Å². The number of unbranched alkanes of at least 4 members (excludes halogenated alkanes) is 39. The molecule has 35 heteroatoms. The quantitative estimate of drug-likeness (QED) is 0.00957. The molecule has 9 heterocycles. The second kappa shape index (κ2) is 61.3. The number of fused-ring (bicyclic) bond motifs is 3. The summed E-state index contributed by atoms with van der Waals surface area (Å²) in [6, 6.07) is 35.7. The molecule has 3 unspecified atom stereocenters. The van der Waals surface area contributed by atoms with Crippen LogP contribution in [-0.2, 0) is 66.1 Å². The summed E-state index contributed by atoms with van der Waals surface area (Å²) >= 11 is 0. The largest absolute Gasteiger partial charge is 0.524 e. The van der Waals surface area contributed by atoms with Crippen molar-refractivity contribution in [3.05, 3.63) is 179 Å². The topological polar surface area (TPSA) is 498 Å². The van der Waals surface area contributed by atoms with E-state index in [1.54, 1.807) is 72.8 Å². The Balaban J connectivity index is 0.815. The van der Waals surface area contributed by atoms with Crippen LogP contribution in [0.15, 0.2) is 128 Å². The second-order valence-corrected chi connectivity index (χ2v) is 41.9. The predicted octanol–water partition coefficient (Wildman–Crippen LogP) is 20.3. The maximum absolute atomic E-state index is 16.6. The number of nitrogens with two attached hydrogens (primary N) is 3. The summed E-state index contributed by atoms with van der Waals surface area (Å²) in [7, 11) is -5.09. The number of aromatic nitrogens is 9. The molecule has 12 rings (SSSR count). The van der Waals surface area contributed by atoms with Gasteiger partial charge in [-0.05, 0) is 108 Å². The van der Waals surface area contributed by atoms with Gasteiger partial charge in [-0.15, -0.1) is 0 Å². The van der Waals surface area contributed by atoms with Gasteiger partial charge in [0.1, 0.15) is 109 Å². The lowest BCUT2D eigenvalue weighted by molar-refractivity contribution is -0.0443. The number of phosphoric acid groups is 1. The van der Waals surface area contributed by atoms with Gasteiger partial charge in [-0.3, -0.25) is 0 Å². The fourth-order valence-electron chi connectivity index (χ4n) is 20.5. The summed E-state index contributed by atoms with van der Waals surface area (Å²) in [6.45, 7) is 8.86. The number of nitrogens with one attached hydrogen (secondary N) is 3. The van der Waals surface area contributed by atoms with Crippen LogP contribution in [0.2, 0.25) is 0 Å². The minimum Gasteiger partial charge on any atom is -0.387 e. The highest BCUT2D eigenvalue weighted by Crippen LogP contribution is 2.51. The summed E-state index contributed by atoms with van der Waals surface area (Å²) < 4.78 is 79.2. The van der Waals surface area contributed by atoms with Gasteiger partial charge in [-0.1, -0.05) is 344 Å². The fraction of sp³-hybridized carbons (Fsp3) is 0.649. The lowest BCUT2D eigenvalue weighted by Gasteiger charge is -2.28. The normalized spacial score (nSPS) is 22.1. The summed E-state index contributed by atoms with van der Waals surface area (Å²) in [5.74, 6) is 0.568. The third-order valence-corrected chi connectivity index (χ3v) is 30.4. The first kappa shape index (κ1) is 116. The number of hydrogen-bond acceptors (Lipinski definition) is 31. The van der Waals surface area contributed by atoms with Gasteiger partial charge in [0.05, 0.1) is 35.2 Å². The zero-order chi connectivity index (χ0) is 103. The number of nitrogen functional groups attached to an aromatic ring is 3. The fourth-order valence-corrected chi connectivity index (χ4v) is 21.3. The molecule has 0 spiro atoms. The molecule has 3 aromatic carbocycles. The molecule has 34 nitrogen and oxygen atoms in total. The van der Waals surface area contributed by atoms with E-state index in [9.17, 15) is 46.4 Å². The Morgan fingerprint density at radius 3 is 0.774 bits per heavy atom. The first-order valence-electron chi connectivity index (χ1n) is 54.8. The zero-order valence-electron chi connectivity index (χ0n) is 86.5. The van der Waals surface area contributed by atoms with Gasteiger partial charge < -0.3 is 76.3 Å². The van der Waals surface area contributed by atoms with E-state index in [2.05, 4.69) is 85.7 Å². The van der Waals surface area contributed by atoms with E-state index < -0.39 is 97.7 Å². The molecular weight excluding hydrogens is 1870 g/mol. The van der Waals surface area contributed by atoms with Crippen molar-refractivity contribution in [2.75, 3.05) is 56.8 Å². The minimum absolute atomic E-state index is 0.155. The van der Waals surface area contributed by atoms with Gasteiger partial charge in [-0.2, -0.15) is 61.4 Å². The van der Waals surface area contributed by atoms with Crippen molar-refractivity contribution in [2.45, 2.75) is 419 Å². The third-order valence-electron chi connectivity index (χ3n) is 29.4. The van der Waals surface area contributed by atoms with Crippen LogP contribution in [0.5, 0.6) is 0 Å². The molecule has 0 amide bonds. The van der Waals surface area contributed by atoms with Crippen molar-refractivity contribution in [3.8, 4) is 18.2 Å². The summed E-state index contributed by atoms with van der Waals surface area (Å²) in [4.78, 5) is 12.3. The van der Waals surface area contributed by atoms with Crippen LogP contribution >= 0.6 is 7.82 Å². The number of hydroxylamine groups is 3. The number of benzene rings is 3. The van der Waals surface area contributed by atoms with Gasteiger partial charge >= 0.3 is 7.82 Å². The number of ether oxygens (including phenoxy) is 6. The summed E-state index contributed by atoms with van der Waals surface area (Å²) in [5, 5.41) is 117. The lowest BCUT2D eigenvalue weighted by atomic mass is 9.88. The van der Waals surface area contributed by atoms with Gasteiger partial charge in [0.15, 0.2) is 34.3 Å². The Labute approximate surface area is 863 Å². The Morgan fingerprint density at radius 1 is 0.336 bits per heavy atom. The molecule has 15 atom stereocenters. The first-order chi connectivity index (χ1) is 71.2. The average Bonchev–Trinajstić information content (AvgIpc) is 1.60. The van der Waals surface area contributed by atoms with Crippen LogP contribution in [0.25, 0.3) is 16.6 Å². The standard InChI is InChI=1S/C111H165N18O16P/c1-4-7-10-13-16-19-22-25-28-31-34-37-40-43-67-137-70-64-88(85-52-46-82(47-53-85)73-109(76-112)103(133)97(130)100(140-109)91-58-61-94-106(115)118-79-121-127(91)94)124-143-146(136,144-125-89(65-71-138-68-44-41-38-35-32-29-26-23-20-17-14-11-8-5-2)86-54-48-83(49-55-86)74-110(77-113)104(134)98(131)101(141-110)92-59-62-95-107(116)119-80-122-128(92)95)145-126-90(66-72-139-69-45-42-39-36-33-30-27-24-21-18-15-12-9-6-3)87-56-50-84(51-57-87)75-111(78-114)105(135)99(132)102(142-111)93-60-63-96-108(117)120-81-123-129(93)96/h46-63,79-81,88-90,97-105,124-126,130-135H,4-45,64-75H2,1-3H3,(H2,115,118,121)(H2,116,119,122)(H2,117,120,123)/t88?,89?,90?,97-,98-,99-,100-,101-,102-,103-,104-,105-,109+,110+,111+,146?/m0/s1. The van der Waals surface area contributed by atoms with E-state index in [-0.39, 0.29) is 75.8 Å². The zero-order valence-corrected chi connectivity index (χ0v) is 87.4. The van der Waals surface area contributed by atoms with E-state index in [4.69, 9.17) is 59.5 Å². The molecule has 3 saturated heterocycles. The average molecular weight is 2040 g/mol. The van der Waals surface area contributed by atoms with Crippen molar-refractivity contribution in [2.24, 2.45) is 0 Å². The molecule has 0 aliphatic carbocycles. The third kappa shape index (κ3) is 33.2. The van der Waals surface area contributed by atoms with Crippen LogP contribution < -0.4 is 33.6 Å². The monoisotopic (exact) mass is 2040 g/mol. The van der Waals surface area contributed by atoms with Crippen LogP contribution in [0.3, 0.4) is 0 Å². The summed E-state index contributed by atoms with van der Waals surface area (Å²) in [5.41, 5.74) is 28.1. The highest BCUT2D eigenvalue weighted by atomic mass is 31.2. The Bertz CT molecular complexity index is 4930. The van der Waals surface area contributed by atoms with E-state index in [1.807, 2.05) is 36.4 Å². The molecule has 6 aromatic heterocycles. The van der Waals surface area contributed by atoms with Crippen molar-refractivity contribution in [1.29, 1.82) is 15.8 Å². The molecule has 0 bridgehead atoms. The molecule has 3 fully saturated rings. The Kier molecular flexibility index (Phi) is 48.5. The first-order valence-corrected chi connectivity index (χ1v) is 56.2. The minimum atomic E-state index is -5.09. The van der Waals surface area contributed by atoms with Crippen molar-refractivity contribution >= 4 is 41.8 Å². The maximum atomic E-state index is 16.6. The maximum Gasteiger partial charge on any atom is 0.524 e. The molecule has 800 valence electrons. The van der Waals surface area contributed by atoms with E-state index in [0.29, 0.717) is 86.8 Å². The van der Waals surface area contributed by atoms with Crippen molar-refractivity contribution in [3.63, 3.8) is 0 Å². The van der Waals surface area contributed by atoms with Crippen molar-refractivity contribution in [1.82, 2.24) is 60.2 Å². The second-order valence-electron chi connectivity index (χ2n) is 40.5. The van der Waals surface area contributed by atoms with E-state index in [1.165, 1.54) is 225 Å². The SMILES string of the molecule is CCCCCCCCCCCCCCCCOCCC(NOP(=O)(ONC(CCOCCCCCCCCCCCCCCCC)c1ccc(C[C@]2(C#N)O[C@@H](c3ccc4c(N)ncnn34)[C@H](O)[C@@H]2O)cc1)ONC(CCOCCCCCCCCCCCCCCCC)c1ccc(C[C@]2(C#N)O[C@@H](c3ccc4c(N)ncnn34)[C@H](O)[C@@H]2O)cc1)c1ccc(C[C@]2(C#N)O[C@@H](c3ccc4c(N)ncnn34)[C@H](O)[C@@H]2O)cc1. The lowest BCUT2D eigenvalue weighted by Crippen LogP contribution is -2.43. The molecule has 3 aliphatic heterocycles. The molecule has 0 radical (unpaired) electrons. The molecule has 9 aromatic rings. The number of rotatable bonds is 75. The number of aliphatic hydroxyl groups is 6. The molecular formula is C111H165N18O16P. The number of nitriles is 3. The molecule has 146 heavy (non-hydrogen) atoms. The van der Waals surface area contributed by atoms with Crippen LogP contribution in [0.1, 0.15) is 397 Å². The number of hydrogen-bond donors (Lipinski definition) is 12. The highest BCUT2D eigenvalue weighted by molar-refractivity contribution is 7.48. The van der Waals surface area contributed by atoms with Gasteiger partial charge in [0, 0.05) is 58.9 Å². The van der Waals surface area contributed by atoms with Crippen LogP contribution in [0, 0.1) is 34.0 Å². The van der Waals surface area contributed by atoms with Gasteiger partial charge in [0.25, 0.3) is 0 Å². The van der Waals surface area contributed by atoms with Crippen LogP contribution in [-0.4, -0.2) is 168 Å².